The van der Waals surface area contributed by atoms with Crippen LogP contribution in [0.2, 0.25) is 0 Å². The lowest BCUT2D eigenvalue weighted by molar-refractivity contribution is 0.00619. The van der Waals surface area contributed by atoms with Crippen LogP contribution in [0, 0.1) is 12.8 Å². The third-order valence-corrected chi connectivity index (χ3v) is 2.75. The molecule has 0 aliphatic rings. The smallest absolute Gasteiger partial charge is 0.361 e. The van der Waals surface area contributed by atoms with E-state index in [1.54, 1.807) is 4.68 Å². The molecule has 108 valence electrons. The molecule has 1 rings (SSSR count). The molecule has 1 heterocycles. The molecule has 0 aliphatic heterocycles. The lowest BCUT2D eigenvalue weighted by atomic mass is 10.1. The Morgan fingerprint density at radius 2 is 1.89 bits per heavy atom. The van der Waals surface area contributed by atoms with E-state index in [9.17, 15) is 4.79 Å². The van der Waals surface area contributed by atoms with Crippen molar-refractivity contribution in [3.8, 4) is 0 Å². The van der Waals surface area contributed by atoms with E-state index >= 15 is 0 Å². The van der Waals surface area contributed by atoms with Crippen molar-refractivity contribution in [2.75, 3.05) is 0 Å². The first-order chi connectivity index (χ1) is 8.61. The molecular weight excluding hydrogens is 242 g/mol. The van der Waals surface area contributed by atoms with E-state index in [4.69, 9.17) is 4.74 Å². The molecular formula is C14H25N3O2. The van der Waals surface area contributed by atoms with Crippen LogP contribution in [0.15, 0.2) is 0 Å². The second-order valence-electron chi connectivity index (χ2n) is 6.45. The number of nitrogens with zero attached hydrogens (tertiary/aromatic N) is 3. The SMILES string of the molecule is Cc1c(C(=O)OC(C)(C)C)nnn1C(C)CC(C)C. The van der Waals surface area contributed by atoms with E-state index in [0.29, 0.717) is 11.6 Å². The molecule has 1 aromatic rings. The summed E-state index contributed by atoms with van der Waals surface area (Å²) in [5.74, 6) is 0.163. The highest BCUT2D eigenvalue weighted by molar-refractivity contribution is 5.88. The van der Waals surface area contributed by atoms with Gasteiger partial charge in [-0.25, -0.2) is 9.48 Å². The first-order valence-corrected chi connectivity index (χ1v) is 6.77. The summed E-state index contributed by atoms with van der Waals surface area (Å²) in [6.45, 7) is 13.8. The molecule has 0 bridgehead atoms. The van der Waals surface area contributed by atoms with Crippen LogP contribution in [-0.2, 0) is 4.74 Å². The maximum atomic E-state index is 12.0. The van der Waals surface area contributed by atoms with Gasteiger partial charge in [0.15, 0.2) is 5.69 Å². The third kappa shape index (κ3) is 4.33. The van der Waals surface area contributed by atoms with E-state index in [2.05, 4.69) is 31.1 Å². The zero-order valence-corrected chi connectivity index (χ0v) is 13.0. The first-order valence-electron chi connectivity index (χ1n) is 6.77. The van der Waals surface area contributed by atoms with Gasteiger partial charge in [-0.15, -0.1) is 5.10 Å². The summed E-state index contributed by atoms with van der Waals surface area (Å²) < 4.78 is 7.13. The molecule has 0 aromatic carbocycles. The molecule has 5 nitrogen and oxygen atoms in total. The normalized spacial score (nSPS) is 13.7. The number of hydrogen-bond donors (Lipinski definition) is 0. The molecule has 0 spiro atoms. The molecule has 1 aromatic heterocycles. The highest BCUT2D eigenvalue weighted by atomic mass is 16.6. The van der Waals surface area contributed by atoms with Crippen molar-refractivity contribution in [3.63, 3.8) is 0 Å². The van der Waals surface area contributed by atoms with Crippen molar-refractivity contribution in [1.29, 1.82) is 0 Å². The molecule has 0 aliphatic carbocycles. The van der Waals surface area contributed by atoms with Gasteiger partial charge in [-0.05, 0) is 47.0 Å². The van der Waals surface area contributed by atoms with Gasteiger partial charge in [0.05, 0.1) is 11.7 Å². The number of carbonyl (C=O) groups excluding carboxylic acids is 1. The second kappa shape index (κ2) is 5.72. The summed E-state index contributed by atoms with van der Waals surface area (Å²) in [6, 6.07) is 0.226. The van der Waals surface area contributed by atoms with E-state index in [1.807, 2.05) is 27.7 Å². The second-order valence-corrected chi connectivity index (χ2v) is 6.45. The van der Waals surface area contributed by atoms with Crippen LogP contribution in [0.5, 0.6) is 0 Å². The van der Waals surface area contributed by atoms with E-state index in [-0.39, 0.29) is 6.04 Å². The monoisotopic (exact) mass is 267 g/mol. The van der Waals surface area contributed by atoms with Crippen LogP contribution in [0.1, 0.15) is 70.2 Å². The quantitative estimate of drug-likeness (QED) is 0.786. The summed E-state index contributed by atoms with van der Waals surface area (Å²) in [7, 11) is 0. The fraction of sp³-hybridized carbons (Fsp3) is 0.786. The third-order valence-electron chi connectivity index (χ3n) is 2.75. The molecule has 19 heavy (non-hydrogen) atoms. The van der Waals surface area contributed by atoms with Gasteiger partial charge in [-0.1, -0.05) is 19.1 Å². The van der Waals surface area contributed by atoms with Crippen molar-refractivity contribution in [2.45, 2.75) is 66.5 Å². The summed E-state index contributed by atoms with van der Waals surface area (Å²) in [5, 5.41) is 8.05. The molecule has 0 fully saturated rings. The molecule has 5 heteroatoms. The van der Waals surface area contributed by atoms with E-state index in [1.165, 1.54) is 0 Å². The zero-order chi connectivity index (χ0) is 14.8. The molecule has 1 atom stereocenters. The lowest BCUT2D eigenvalue weighted by Gasteiger charge is -2.19. The van der Waals surface area contributed by atoms with Gasteiger partial charge in [0.1, 0.15) is 5.60 Å². The predicted molar refractivity (Wildman–Crippen MR) is 74.1 cm³/mol. The largest absolute Gasteiger partial charge is 0.455 e. The van der Waals surface area contributed by atoms with Crippen LogP contribution in [-0.4, -0.2) is 26.6 Å². The van der Waals surface area contributed by atoms with Crippen molar-refractivity contribution in [3.05, 3.63) is 11.4 Å². The summed E-state index contributed by atoms with van der Waals surface area (Å²) >= 11 is 0. The number of carbonyl (C=O) groups is 1. The fourth-order valence-electron chi connectivity index (χ4n) is 2.06. The summed E-state index contributed by atoms with van der Waals surface area (Å²) in [5.41, 5.74) is 0.560. The van der Waals surface area contributed by atoms with Gasteiger partial charge < -0.3 is 4.74 Å². The molecule has 0 amide bonds. The van der Waals surface area contributed by atoms with Crippen molar-refractivity contribution < 1.29 is 9.53 Å². The Labute approximate surface area is 115 Å². The van der Waals surface area contributed by atoms with Crippen molar-refractivity contribution in [1.82, 2.24) is 15.0 Å². The Hall–Kier alpha value is -1.39. The number of rotatable bonds is 4. The van der Waals surface area contributed by atoms with Crippen molar-refractivity contribution >= 4 is 5.97 Å². The van der Waals surface area contributed by atoms with E-state index < -0.39 is 11.6 Å². The molecule has 0 radical (unpaired) electrons. The highest BCUT2D eigenvalue weighted by Crippen LogP contribution is 2.20. The minimum Gasteiger partial charge on any atom is -0.455 e. The maximum Gasteiger partial charge on any atom is 0.361 e. The minimum absolute atomic E-state index is 0.226. The number of aromatic nitrogens is 3. The van der Waals surface area contributed by atoms with Gasteiger partial charge in [0, 0.05) is 0 Å². The first kappa shape index (κ1) is 15.7. The highest BCUT2D eigenvalue weighted by Gasteiger charge is 2.24. The number of hydrogen-bond acceptors (Lipinski definition) is 4. The van der Waals surface area contributed by atoms with Crippen molar-refractivity contribution in [2.24, 2.45) is 5.92 Å². The van der Waals surface area contributed by atoms with Gasteiger partial charge >= 0.3 is 5.97 Å². The van der Waals surface area contributed by atoms with Crippen LogP contribution < -0.4 is 0 Å². The van der Waals surface area contributed by atoms with Gasteiger partial charge in [-0.3, -0.25) is 0 Å². The summed E-state index contributed by atoms with van der Waals surface area (Å²) in [4.78, 5) is 12.0. The van der Waals surface area contributed by atoms with Crippen LogP contribution in [0.25, 0.3) is 0 Å². The van der Waals surface area contributed by atoms with Crippen LogP contribution in [0.4, 0.5) is 0 Å². The topological polar surface area (TPSA) is 57.0 Å². The Morgan fingerprint density at radius 3 is 2.37 bits per heavy atom. The zero-order valence-electron chi connectivity index (χ0n) is 13.0. The number of ether oxygens (including phenoxy) is 1. The molecule has 1 unspecified atom stereocenters. The number of esters is 1. The molecule has 0 saturated heterocycles. The van der Waals surface area contributed by atoms with Gasteiger partial charge in [0.25, 0.3) is 0 Å². The average molecular weight is 267 g/mol. The Balaban J connectivity index is 2.89. The predicted octanol–water partition coefficient (Wildman–Crippen LogP) is 3.15. The van der Waals surface area contributed by atoms with Gasteiger partial charge in [0.2, 0.25) is 0 Å². The van der Waals surface area contributed by atoms with E-state index in [0.717, 1.165) is 12.1 Å². The Morgan fingerprint density at radius 1 is 1.32 bits per heavy atom. The summed E-state index contributed by atoms with van der Waals surface area (Å²) in [6.07, 6.45) is 0.998. The Bertz CT molecular complexity index is 444. The average Bonchev–Trinajstić information content (AvgIpc) is 2.56. The molecule has 0 N–H and O–H groups in total. The van der Waals surface area contributed by atoms with Crippen LogP contribution >= 0.6 is 0 Å². The molecule has 0 saturated carbocycles. The van der Waals surface area contributed by atoms with Gasteiger partial charge in [-0.2, -0.15) is 0 Å². The maximum absolute atomic E-state index is 12.0. The van der Waals surface area contributed by atoms with Crippen LogP contribution in [0.3, 0.4) is 0 Å². The minimum atomic E-state index is -0.517. The lowest BCUT2D eigenvalue weighted by Crippen LogP contribution is -2.24. The Kier molecular flexibility index (Phi) is 4.71. The standard InChI is InChI=1S/C14H25N3O2/c1-9(2)8-10(3)17-11(4)12(15-16-17)13(18)19-14(5,6)7/h9-10H,8H2,1-7H3. The fourth-order valence-corrected chi connectivity index (χ4v) is 2.06.